The number of amides is 1. The molecule has 0 radical (unpaired) electrons. The highest BCUT2D eigenvalue weighted by Crippen LogP contribution is 2.44. The maximum absolute atomic E-state index is 13.3. The Balaban J connectivity index is 1.31. The maximum Gasteiger partial charge on any atom is 0.364 e. The summed E-state index contributed by atoms with van der Waals surface area (Å²) in [5.74, 6) is -18.2. The van der Waals surface area contributed by atoms with Crippen molar-refractivity contribution in [3.05, 3.63) is 0 Å². The number of aliphatic hydroxyl groups is 25. The van der Waals surface area contributed by atoms with E-state index in [1.807, 2.05) is 0 Å². The third kappa shape index (κ3) is 17.2. The zero-order chi connectivity index (χ0) is 74.0. The molecular formula is C53H87NO45. The number of hydrogen-bond donors (Lipinski definition) is 29. The van der Waals surface area contributed by atoms with Gasteiger partial charge in [-0.2, -0.15) is 0 Å². The first-order valence-electron chi connectivity index (χ1n) is 30.5. The minimum absolute atomic E-state index is 0.912. The predicted octanol–water partition coefficient (Wildman–Crippen LogP) is -18.5. The number of aliphatic carboxylic acids is 3. The lowest BCUT2D eigenvalue weighted by atomic mass is 9.88. The fourth-order valence-electron chi connectivity index (χ4n) is 12.4. The van der Waals surface area contributed by atoms with Crippen LogP contribution in [0.2, 0.25) is 0 Å². The molecule has 7 fully saturated rings. The van der Waals surface area contributed by atoms with Crippen LogP contribution < -0.4 is 5.32 Å². The van der Waals surface area contributed by atoms with Crippen molar-refractivity contribution in [3.8, 4) is 0 Å². The second-order valence-electron chi connectivity index (χ2n) is 24.6. The Bertz CT molecular complexity index is 2620. The molecule has 7 aliphatic rings. The SMILES string of the molecule is CC(=O)N[C@H]1[C@H]([C@H](O)[C@H](O)CO)O[C@@](O[C@H]2[C@@H](O)[C@@H](CO)O[C@@H](O[C@@H]3[C@H](O)[C@@H](O[C@@H]4[C@H](O)[C@@H](O[C@H]5[C@@H]([C@H](O)CO)O[C@@](O)(C(=O)O)C[C@H]5O[C@]5(C(=O)O)C[C@@H](O)[C@@H](O)[C@@H]([C@H](O)CO)O5)O[C@H]([C@@H](O)CO)[C@H]4O[C@@H]4O[C@H](CO)[C@@H](O)[C@H](O)[C@H]4O)O[C@H]([C@@H](O)CO)[C@H]3O)[C@@H]2O)(C(=O)O)C[C@@H]1O. The van der Waals surface area contributed by atoms with Crippen molar-refractivity contribution in [1.82, 2.24) is 5.32 Å². The molecule has 0 aromatic carbocycles. The molecule has 7 saturated heterocycles. The van der Waals surface area contributed by atoms with Crippen molar-refractivity contribution >= 4 is 23.8 Å². The molecule has 7 aliphatic heterocycles. The van der Waals surface area contributed by atoms with Crippen LogP contribution in [-0.2, 0) is 80.8 Å². The minimum atomic E-state index is -3.65. The van der Waals surface area contributed by atoms with Gasteiger partial charge in [0.05, 0.1) is 70.6 Å². The van der Waals surface area contributed by atoms with E-state index in [0.29, 0.717) is 0 Å². The number of nitrogens with one attached hydrogen (secondary N) is 1. The molecule has 0 saturated carbocycles. The standard InChI is InChI=1S/C53H87NO45/c1-12(62)54-23-13(63)2-53(50(84)85,98-39(23)25(71)15(65)5-55)99-41-27(73)22(11-61)88-45(32(41)78)92-40-30(76)34(16(66)6-56)89-46(31(40)77)93-42-33(79)47(90-36(18(68)8-58)43(42)94-44-29(75)28(74)26(72)21(10-60)87-44)91-38-20(4-51(86,48(80)81)96-37(38)19(69)9-59)95-52(49(82)83)3-14(64)24(70)35(97-52)17(67)7-57/h13-47,55-61,63-79,86H,2-11H2,1H3,(H,54,62)(H,80,81)(H,82,83)(H,84,85)/t13-,14+,15+,16-,17+,18-,19+,20+,21+,22+,23+,24+,25+,26+,27-,28-,29+,30+,31-,32+,33-,34+,35+,36+,37+,38+,39+,40-,41-,42+,43+,44-,45-,46+,47+,51+,52+,53-/m0/s1. The highest BCUT2D eigenvalue weighted by atomic mass is 16.8. The van der Waals surface area contributed by atoms with Crippen molar-refractivity contribution < 1.29 is 224 Å². The Morgan fingerprint density at radius 3 is 1.40 bits per heavy atom. The highest BCUT2D eigenvalue weighted by molar-refractivity contribution is 5.77. The van der Waals surface area contributed by atoms with Gasteiger partial charge < -0.3 is 210 Å². The van der Waals surface area contributed by atoms with Crippen LogP contribution in [0.25, 0.3) is 0 Å². The Kier molecular flexibility index (Phi) is 28.4. The summed E-state index contributed by atoms with van der Waals surface area (Å²) in [6.07, 6.45) is -87.2. The third-order valence-electron chi connectivity index (χ3n) is 17.8. The summed E-state index contributed by atoms with van der Waals surface area (Å²) in [7, 11) is 0. The van der Waals surface area contributed by atoms with Gasteiger partial charge in [-0.1, -0.05) is 0 Å². The van der Waals surface area contributed by atoms with Crippen LogP contribution in [0.3, 0.4) is 0 Å². The largest absolute Gasteiger partial charge is 0.477 e. The molecule has 0 unspecified atom stereocenters. The van der Waals surface area contributed by atoms with Gasteiger partial charge in [0, 0.05) is 26.2 Å². The summed E-state index contributed by atoms with van der Waals surface area (Å²) >= 11 is 0. The lowest BCUT2D eigenvalue weighted by Gasteiger charge is -2.53. The molecule has 0 spiro atoms. The number of ether oxygens (including phenoxy) is 13. The van der Waals surface area contributed by atoms with Crippen LogP contribution in [0, 0.1) is 0 Å². The van der Waals surface area contributed by atoms with E-state index in [2.05, 4.69) is 5.32 Å². The molecule has 29 N–H and O–H groups in total. The molecule has 46 heteroatoms. The monoisotopic (exact) mass is 1460 g/mol. The average molecular weight is 1460 g/mol. The van der Waals surface area contributed by atoms with Gasteiger partial charge in [0.1, 0.15) is 165 Å². The van der Waals surface area contributed by atoms with Gasteiger partial charge in [0.15, 0.2) is 25.2 Å². The van der Waals surface area contributed by atoms with Gasteiger partial charge in [0.2, 0.25) is 5.91 Å². The predicted molar refractivity (Wildman–Crippen MR) is 295 cm³/mol. The minimum Gasteiger partial charge on any atom is -0.477 e. The van der Waals surface area contributed by atoms with Crippen molar-refractivity contribution in [1.29, 1.82) is 0 Å². The van der Waals surface area contributed by atoms with Crippen LogP contribution in [-0.4, -0.2) is 445 Å². The topological polar surface area (TPSA) is 767 Å². The Morgan fingerprint density at radius 1 is 0.424 bits per heavy atom. The van der Waals surface area contributed by atoms with Crippen LogP contribution in [0.4, 0.5) is 0 Å². The first-order chi connectivity index (χ1) is 46.4. The smallest absolute Gasteiger partial charge is 0.364 e. The maximum atomic E-state index is 13.3. The van der Waals surface area contributed by atoms with E-state index >= 15 is 0 Å². The zero-order valence-corrected chi connectivity index (χ0v) is 51.7. The van der Waals surface area contributed by atoms with Gasteiger partial charge in [-0.05, 0) is 0 Å². The lowest BCUT2D eigenvalue weighted by molar-refractivity contribution is -0.417. The third-order valence-corrected chi connectivity index (χ3v) is 17.8. The molecule has 38 atom stereocenters. The average Bonchev–Trinajstić information content (AvgIpc) is 0.753. The van der Waals surface area contributed by atoms with Crippen LogP contribution in [0.5, 0.6) is 0 Å². The van der Waals surface area contributed by atoms with Crippen molar-refractivity contribution in [2.45, 2.75) is 258 Å². The van der Waals surface area contributed by atoms with Gasteiger partial charge in [0.25, 0.3) is 17.4 Å². The Hall–Kier alpha value is -3.64. The molecule has 7 heterocycles. The van der Waals surface area contributed by atoms with Crippen LogP contribution in [0.1, 0.15) is 26.2 Å². The molecule has 0 aromatic rings. The first kappa shape index (κ1) is 82.6. The molecule has 99 heavy (non-hydrogen) atoms. The molecule has 574 valence electrons. The molecule has 0 aliphatic carbocycles. The van der Waals surface area contributed by atoms with Gasteiger partial charge in [-0.15, -0.1) is 0 Å². The Labute approximate surface area is 556 Å². The molecule has 0 bridgehead atoms. The second kappa shape index (κ2) is 34.1. The number of hydrogen-bond acceptors (Lipinski definition) is 42. The fourth-order valence-corrected chi connectivity index (χ4v) is 12.4. The van der Waals surface area contributed by atoms with E-state index in [-0.39, 0.29) is 0 Å². The molecule has 7 rings (SSSR count). The molecular weight excluding hydrogens is 1370 g/mol. The molecule has 1 amide bonds. The Morgan fingerprint density at radius 2 is 0.869 bits per heavy atom. The summed E-state index contributed by atoms with van der Waals surface area (Å²) in [5.41, 5.74) is 0. The van der Waals surface area contributed by atoms with Crippen molar-refractivity contribution in [2.24, 2.45) is 0 Å². The van der Waals surface area contributed by atoms with Crippen molar-refractivity contribution in [2.75, 3.05) is 46.2 Å². The summed E-state index contributed by atoms with van der Waals surface area (Å²) < 4.78 is 74.5. The lowest BCUT2D eigenvalue weighted by Crippen LogP contribution is -2.71. The summed E-state index contributed by atoms with van der Waals surface area (Å²) in [6, 6.07) is -1.79. The second-order valence-corrected chi connectivity index (χ2v) is 24.6. The van der Waals surface area contributed by atoms with Gasteiger partial charge in [-0.3, -0.25) is 4.79 Å². The number of carbonyl (C=O) groups is 4. The van der Waals surface area contributed by atoms with E-state index in [1.165, 1.54) is 0 Å². The number of carbonyl (C=O) groups excluding carboxylic acids is 1. The van der Waals surface area contributed by atoms with Gasteiger partial charge in [-0.25, -0.2) is 14.4 Å². The number of carboxylic acid groups (broad SMARTS) is 3. The zero-order valence-electron chi connectivity index (χ0n) is 51.7. The van der Waals surface area contributed by atoms with E-state index in [9.17, 15) is 162 Å². The number of aliphatic hydroxyl groups excluding tert-OH is 24. The first-order valence-corrected chi connectivity index (χ1v) is 30.5. The number of rotatable bonds is 29. The summed E-state index contributed by atoms with van der Waals surface area (Å²) in [6.45, 7) is -8.43. The molecule has 0 aromatic heterocycles. The van der Waals surface area contributed by atoms with E-state index < -0.39 is 321 Å². The highest BCUT2D eigenvalue weighted by Gasteiger charge is 2.65. The normalized spacial score (nSPS) is 46.5. The van der Waals surface area contributed by atoms with Crippen molar-refractivity contribution in [3.63, 3.8) is 0 Å². The molecule has 46 nitrogen and oxygen atoms in total. The van der Waals surface area contributed by atoms with Crippen LogP contribution in [0.15, 0.2) is 0 Å². The number of carboxylic acids is 3. The van der Waals surface area contributed by atoms with E-state index in [4.69, 9.17) is 61.6 Å². The van der Waals surface area contributed by atoms with E-state index in [0.717, 1.165) is 6.92 Å². The van der Waals surface area contributed by atoms with Gasteiger partial charge >= 0.3 is 17.9 Å². The van der Waals surface area contributed by atoms with E-state index in [1.54, 1.807) is 0 Å². The fraction of sp³-hybridized carbons (Fsp3) is 0.925. The summed E-state index contributed by atoms with van der Waals surface area (Å²) in [4.78, 5) is 51.4. The summed E-state index contributed by atoms with van der Waals surface area (Å²) in [5, 5.41) is 308. The van der Waals surface area contributed by atoms with Crippen LogP contribution >= 0.6 is 0 Å². The quantitative estimate of drug-likeness (QED) is 0.0331.